The molecule has 1 atom stereocenters. The average molecular weight is 398 g/mol. The van der Waals surface area contributed by atoms with E-state index in [1.807, 2.05) is 24.3 Å². The lowest BCUT2D eigenvalue weighted by Gasteiger charge is -2.40. The van der Waals surface area contributed by atoms with Crippen LogP contribution < -0.4 is 0 Å². The second-order valence-corrected chi connectivity index (χ2v) is 8.31. The SMILES string of the molecule is CC(C)(C)OC(=O)N1CCC[C@@](Cc2cccc(Br)c2)(C(=O)O)C1. The molecule has 1 amide bonds. The van der Waals surface area contributed by atoms with Crippen LogP contribution >= 0.6 is 15.9 Å². The van der Waals surface area contributed by atoms with Gasteiger partial charge in [0.1, 0.15) is 5.60 Å². The van der Waals surface area contributed by atoms with Crippen molar-refractivity contribution in [3.8, 4) is 0 Å². The molecule has 1 aliphatic heterocycles. The van der Waals surface area contributed by atoms with Gasteiger partial charge in [-0.25, -0.2) is 4.79 Å². The average Bonchev–Trinajstić information content (AvgIpc) is 2.45. The largest absolute Gasteiger partial charge is 0.481 e. The van der Waals surface area contributed by atoms with Crippen LogP contribution in [0.15, 0.2) is 28.7 Å². The van der Waals surface area contributed by atoms with Gasteiger partial charge in [-0.2, -0.15) is 0 Å². The monoisotopic (exact) mass is 397 g/mol. The Bertz CT molecular complexity index is 626. The van der Waals surface area contributed by atoms with Crippen molar-refractivity contribution in [1.29, 1.82) is 0 Å². The van der Waals surface area contributed by atoms with Crippen molar-refractivity contribution in [3.63, 3.8) is 0 Å². The van der Waals surface area contributed by atoms with E-state index in [0.29, 0.717) is 25.8 Å². The highest BCUT2D eigenvalue weighted by molar-refractivity contribution is 9.10. The van der Waals surface area contributed by atoms with E-state index in [0.717, 1.165) is 10.0 Å². The predicted molar refractivity (Wildman–Crippen MR) is 95.0 cm³/mol. The van der Waals surface area contributed by atoms with Crippen molar-refractivity contribution in [3.05, 3.63) is 34.3 Å². The first kappa shape index (κ1) is 18.8. The lowest BCUT2D eigenvalue weighted by Crippen LogP contribution is -2.52. The Morgan fingerprint density at radius 3 is 2.67 bits per heavy atom. The molecule has 0 spiro atoms. The van der Waals surface area contributed by atoms with Crippen LogP contribution in [0, 0.1) is 5.41 Å². The third-order valence-electron chi connectivity index (χ3n) is 4.11. The van der Waals surface area contributed by atoms with Crippen LogP contribution in [0.2, 0.25) is 0 Å². The molecule has 1 aromatic carbocycles. The summed E-state index contributed by atoms with van der Waals surface area (Å²) in [5.41, 5.74) is -0.626. The van der Waals surface area contributed by atoms with Crippen LogP contribution in [0.1, 0.15) is 39.2 Å². The molecule has 1 aliphatic rings. The molecule has 0 radical (unpaired) electrons. The van der Waals surface area contributed by atoms with E-state index in [1.165, 1.54) is 4.90 Å². The molecule has 6 heteroatoms. The topological polar surface area (TPSA) is 66.8 Å². The van der Waals surface area contributed by atoms with Gasteiger partial charge in [0, 0.05) is 17.6 Å². The summed E-state index contributed by atoms with van der Waals surface area (Å²) in [7, 11) is 0. The zero-order valence-corrected chi connectivity index (χ0v) is 15.9. The zero-order chi connectivity index (χ0) is 18.0. The Hall–Kier alpha value is -1.56. The minimum Gasteiger partial charge on any atom is -0.481 e. The normalized spacial score (nSPS) is 21.4. The van der Waals surface area contributed by atoms with Crippen molar-refractivity contribution >= 4 is 28.0 Å². The molecule has 1 heterocycles. The van der Waals surface area contributed by atoms with Gasteiger partial charge in [-0.05, 0) is 57.7 Å². The summed E-state index contributed by atoms with van der Waals surface area (Å²) < 4.78 is 6.32. The number of aliphatic carboxylic acids is 1. The first-order valence-electron chi connectivity index (χ1n) is 8.07. The van der Waals surface area contributed by atoms with E-state index in [2.05, 4.69) is 15.9 Å². The summed E-state index contributed by atoms with van der Waals surface area (Å²) in [6.45, 7) is 6.12. The first-order valence-corrected chi connectivity index (χ1v) is 8.86. The smallest absolute Gasteiger partial charge is 0.410 e. The van der Waals surface area contributed by atoms with Gasteiger partial charge < -0.3 is 14.7 Å². The van der Waals surface area contributed by atoms with Gasteiger partial charge in [0.05, 0.1) is 5.41 Å². The molecule has 1 fully saturated rings. The van der Waals surface area contributed by atoms with E-state index < -0.39 is 23.1 Å². The number of piperidine rings is 1. The Kier molecular flexibility index (Phi) is 5.58. The third-order valence-corrected chi connectivity index (χ3v) is 4.61. The van der Waals surface area contributed by atoms with Crippen LogP contribution in [0.4, 0.5) is 4.79 Å². The van der Waals surface area contributed by atoms with Gasteiger partial charge >= 0.3 is 12.1 Å². The number of ether oxygens (including phenoxy) is 1. The summed E-state index contributed by atoms with van der Waals surface area (Å²) >= 11 is 3.42. The fraction of sp³-hybridized carbons (Fsp3) is 0.556. The van der Waals surface area contributed by atoms with Crippen LogP contribution in [0.25, 0.3) is 0 Å². The highest BCUT2D eigenvalue weighted by atomic mass is 79.9. The predicted octanol–water partition coefficient (Wildman–Crippen LogP) is 4.09. The lowest BCUT2D eigenvalue weighted by atomic mass is 9.75. The second kappa shape index (κ2) is 7.13. The summed E-state index contributed by atoms with van der Waals surface area (Å²) in [4.78, 5) is 25.9. The first-order chi connectivity index (χ1) is 11.1. The minimum atomic E-state index is -0.976. The van der Waals surface area contributed by atoms with Crippen LogP contribution in [0.3, 0.4) is 0 Å². The molecule has 0 saturated carbocycles. The number of hydrogen-bond acceptors (Lipinski definition) is 3. The number of nitrogens with zero attached hydrogens (tertiary/aromatic N) is 1. The van der Waals surface area contributed by atoms with Gasteiger partial charge in [0.15, 0.2) is 0 Å². The van der Waals surface area contributed by atoms with Gasteiger partial charge in [0.2, 0.25) is 0 Å². The number of likely N-dealkylation sites (tertiary alicyclic amines) is 1. The molecule has 132 valence electrons. The van der Waals surface area contributed by atoms with E-state index in [4.69, 9.17) is 4.74 Å². The standard InChI is InChI=1S/C18H24BrNO4/c1-17(2,3)24-16(23)20-9-5-8-18(12-20,15(21)22)11-13-6-4-7-14(19)10-13/h4,6-7,10H,5,8-9,11-12H2,1-3H3,(H,21,22)/t18-/m0/s1. The van der Waals surface area contributed by atoms with E-state index in [1.54, 1.807) is 20.8 Å². The quantitative estimate of drug-likeness (QED) is 0.833. The highest BCUT2D eigenvalue weighted by Gasteiger charge is 2.44. The van der Waals surface area contributed by atoms with Gasteiger partial charge in [-0.3, -0.25) is 4.79 Å². The molecule has 0 unspecified atom stereocenters. The van der Waals surface area contributed by atoms with Gasteiger partial charge in [0.25, 0.3) is 0 Å². The molecule has 0 aromatic heterocycles. The molecular weight excluding hydrogens is 374 g/mol. The summed E-state index contributed by atoms with van der Waals surface area (Å²) in [6.07, 6.45) is 1.15. The molecule has 1 aromatic rings. The molecule has 0 aliphatic carbocycles. The number of rotatable bonds is 3. The number of carboxylic acids is 1. The number of carbonyl (C=O) groups is 2. The maximum Gasteiger partial charge on any atom is 0.410 e. The lowest BCUT2D eigenvalue weighted by molar-refractivity contribution is -0.152. The molecule has 24 heavy (non-hydrogen) atoms. The number of carbonyl (C=O) groups excluding carboxylic acids is 1. The fourth-order valence-corrected chi connectivity index (χ4v) is 3.49. The van der Waals surface area contributed by atoms with Crippen molar-refractivity contribution < 1.29 is 19.4 Å². The summed E-state index contributed by atoms with van der Waals surface area (Å²) in [5.74, 6) is -0.865. The molecule has 2 rings (SSSR count). The number of benzene rings is 1. The van der Waals surface area contributed by atoms with Crippen molar-refractivity contribution in [1.82, 2.24) is 4.90 Å². The Morgan fingerprint density at radius 1 is 1.38 bits per heavy atom. The molecule has 1 N–H and O–H groups in total. The van der Waals surface area contributed by atoms with Crippen LogP contribution in [-0.4, -0.2) is 40.8 Å². The van der Waals surface area contributed by atoms with E-state index >= 15 is 0 Å². The Balaban J connectivity index is 2.19. The van der Waals surface area contributed by atoms with Gasteiger partial charge in [-0.15, -0.1) is 0 Å². The van der Waals surface area contributed by atoms with Gasteiger partial charge in [-0.1, -0.05) is 28.1 Å². The summed E-state index contributed by atoms with van der Waals surface area (Å²) in [6, 6.07) is 7.65. The van der Waals surface area contributed by atoms with Crippen molar-refractivity contribution in [2.75, 3.05) is 13.1 Å². The number of amides is 1. The highest BCUT2D eigenvalue weighted by Crippen LogP contribution is 2.35. The number of carboxylic acid groups (broad SMARTS) is 1. The number of hydrogen-bond donors (Lipinski definition) is 1. The van der Waals surface area contributed by atoms with Crippen molar-refractivity contribution in [2.24, 2.45) is 5.41 Å². The second-order valence-electron chi connectivity index (χ2n) is 7.40. The zero-order valence-electron chi connectivity index (χ0n) is 14.3. The maximum absolute atomic E-state index is 12.3. The van der Waals surface area contributed by atoms with Crippen LogP contribution in [0.5, 0.6) is 0 Å². The third kappa shape index (κ3) is 4.72. The van der Waals surface area contributed by atoms with Crippen LogP contribution in [-0.2, 0) is 16.0 Å². The van der Waals surface area contributed by atoms with E-state index in [9.17, 15) is 14.7 Å². The molecule has 1 saturated heterocycles. The Labute approximate surface area is 151 Å². The fourth-order valence-electron chi connectivity index (χ4n) is 3.05. The number of halogens is 1. The maximum atomic E-state index is 12.3. The van der Waals surface area contributed by atoms with Crippen molar-refractivity contribution in [2.45, 2.75) is 45.6 Å². The molecule has 5 nitrogen and oxygen atoms in total. The minimum absolute atomic E-state index is 0.170. The Morgan fingerprint density at radius 2 is 2.08 bits per heavy atom. The summed E-state index contributed by atoms with van der Waals surface area (Å²) in [5, 5.41) is 9.86. The molecule has 0 bridgehead atoms. The van der Waals surface area contributed by atoms with E-state index in [-0.39, 0.29) is 6.54 Å². The molecular formula is C18H24BrNO4.